The smallest absolute Gasteiger partial charge is 0.161 e. The number of hydrogen-bond acceptors (Lipinski definition) is 2. The summed E-state index contributed by atoms with van der Waals surface area (Å²) in [4.78, 5) is 1.49. The zero-order chi connectivity index (χ0) is 13.3. The first-order valence-corrected chi connectivity index (χ1v) is 5.23. The molecule has 18 heavy (non-hydrogen) atoms. The average Bonchev–Trinajstić information content (AvgIpc) is 2.33. The van der Waals surface area contributed by atoms with Crippen LogP contribution in [0.25, 0.3) is 0 Å². The van der Waals surface area contributed by atoms with Crippen molar-refractivity contribution in [2.75, 3.05) is 17.7 Å². The normalized spacial score (nSPS) is 10.4. The van der Waals surface area contributed by atoms with Gasteiger partial charge in [-0.15, -0.1) is 0 Å². The Bertz CT molecular complexity index is 584. The Kier molecular flexibility index (Phi) is 3.14. The molecule has 5 heteroatoms. The van der Waals surface area contributed by atoms with E-state index in [-0.39, 0.29) is 11.4 Å². The largest absolute Gasteiger partial charge is 0.397 e. The molecule has 0 saturated heterocycles. The Labute approximate surface area is 102 Å². The third kappa shape index (κ3) is 2.25. The van der Waals surface area contributed by atoms with Gasteiger partial charge in [-0.3, -0.25) is 0 Å². The lowest BCUT2D eigenvalue weighted by molar-refractivity contribution is 0.509. The number of hydrogen-bond donors (Lipinski definition) is 1. The Morgan fingerprint density at radius 2 is 1.67 bits per heavy atom. The molecule has 2 aromatic carbocycles. The molecule has 0 atom stereocenters. The van der Waals surface area contributed by atoms with Gasteiger partial charge in [-0.25, -0.2) is 13.2 Å². The van der Waals surface area contributed by atoms with Crippen LogP contribution in [0.15, 0.2) is 36.4 Å². The average molecular weight is 252 g/mol. The standard InChI is InChI=1S/C13H11F3N2/c1-18(9-4-2-3-8(14)5-9)13-7-11(16)10(15)6-12(13)17/h2-7H,17H2,1H3. The molecular formula is C13H11F3N2. The summed E-state index contributed by atoms with van der Waals surface area (Å²) in [7, 11) is 1.60. The summed E-state index contributed by atoms with van der Waals surface area (Å²) in [5, 5.41) is 0. The third-order valence-electron chi connectivity index (χ3n) is 2.63. The zero-order valence-electron chi connectivity index (χ0n) is 9.62. The van der Waals surface area contributed by atoms with Crippen molar-refractivity contribution < 1.29 is 13.2 Å². The van der Waals surface area contributed by atoms with Crippen LogP contribution in [0.2, 0.25) is 0 Å². The van der Waals surface area contributed by atoms with E-state index in [4.69, 9.17) is 5.73 Å². The van der Waals surface area contributed by atoms with Crippen molar-refractivity contribution in [2.24, 2.45) is 0 Å². The van der Waals surface area contributed by atoms with Crippen molar-refractivity contribution in [1.82, 2.24) is 0 Å². The first-order valence-electron chi connectivity index (χ1n) is 5.23. The maximum absolute atomic E-state index is 13.2. The fourth-order valence-corrected chi connectivity index (χ4v) is 1.67. The molecule has 0 saturated carbocycles. The lowest BCUT2D eigenvalue weighted by Gasteiger charge is -2.21. The second kappa shape index (κ2) is 4.60. The molecule has 0 aliphatic rings. The quantitative estimate of drug-likeness (QED) is 0.829. The fraction of sp³-hybridized carbons (Fsp3) is 0.0769. The molecule has 0 aromatic heterocycles. The van der Waals surface area contributed by atoms with Crippen LogP contribution >= 0.6 is 0 Å². The van der Waals surface area contributed by atoms with Crippen LogP contribution in [-0.2, 0) is 0 Å². The second-order valence-corrected chi connectivity index (χ2v) is 3.86. The van der Waals surface area contributed by atoms with Gasteiger partial charge in [0.1, 0.15) is 5.82 Å². The van der Waals surface area contributed by atoms with Crippen LogP contribution in [0.4, 0.5) is 30.2 Å². The summed E-state index contributed by atoms with van der Waals surface area (Å²) in [6.45, 7) is 0. The zero-order valence-corrected chi connectivity index (χ0v) is 9.62. The Hall–Kier alpha value is -2.17. The summed E-state index contributed by atoms with van der Waals surface area (Å²) in [6, 6.07) is 7.63. The van der Waals surface area contributed by atoms with E-state index < -0.39 is 17.5 Å². The van der Waals surface area contributed by atoms with Crippen molar-refractivity contribution >= 4 is 17.1 Å². The highest BCUT2D eigenvalue weighted by Gasteiger charge is 2.12. The minimum Gasteiger partial charge on any atom is -0.397 e. The van der Waals surface area contributed by atoms with Crippen molar-refractivity contribution in [1.29, 1.82) is 0 Å². The van der Waals surface area contributed by atoms with E-state index >= 15 is 0 Å². The highest BCUT2D eigenvalue weighted by molar-refractivity contribution is 5.74. The van der Waals surface area contributed by atoms with E-state index in [9.17, 15) is 13.2 Å². The maximum Gasteiger partial charge on any atom is 0.161 e. The van der Waals surface area contributed by atoms with Gasteiger partial charge < -0.3 is 10.6 Å². The number of benzene rings is 2. The predicted molar refractivity (Wildman–Crippen MR) is 65.2 cm³/mol. The van der Waals surface area contributed by atoms with Gasteiger partial charge in [0.15, 0.2) is 11.6 Å². The Balaban J connectivity index is 2.46. The van der Waals surface area contributed by atoms with Crippen molar-refractivity contribution in [3.8, 4) is 0 Å². The first-order chi connectivity index (χ1) is 8.49. The third-order valence-corrected chi connectivity index (χ3v) is 2.63. The minimum absolute atomic E-state index is 0.0839. The Morgan fingerprint density at radius 3 is 2.33 bits per heavy atom. The van der Waals surface area contributed by atoms with Gasteiger partial charge in [-0.05, 0) is 18.2 Å². The fourth-order valence-electron chi connectivity index (χ4n) is 1.67. The number of rotatable bonds is 2. The van der Waals surface area contributed by atoms with Crippen LogP contribution in [-0.4, -0.2) is 7.05 Å². The molecule has 0 unspecified atom stereocenters. The monoisotopic (exact) mass is 252 g/mol. The van der Waals surface area contributed by atoms with Gasteiger partial charge in [0.2, 0.25) is 0 Å². The molecule has 0 fully saturated rings. The van der Waals surface area contributed by atoms with Crippen molar-refractivity contribution in [3.05, 3.63) is 53.8 Å². The second-order valence-electron chi connectivity index (χ2n) is 3.86. The lowest BCUT2D eigenvalue weighted by atomic mass is 10.2. The van der Waals surface area contributed by atoms with Crippen molar-refractivity contribution in [3.63, 3.8) is 0 Å². The Morgan fingerprint density at radius 1 is 1.00 bits per heavy atom. The highest BCUT2D eigenvalue weighted by Crippen LogP contribution is 2.30. The summed E-state index contributed by atoms with van der Waals surface area (Å²) < 4.78 is 39.2. The van der Waals surface area contributed by atoms with E-state index in [1.54, 1.807) is 13.1 Å². The molecule has 0 radical (unpaired) electrons. The number of nitrogens with zero attached hydrogens (tertiary/aromatic N) is 1. The van der Waals surface area contributed by atoms with Crippen LogP contribution in [0.3, 0.4) is 0 Å². The van der Waals surface area contributed by atoms with E-state index in [0.717, 1.165) is 12.1 Å². The summed E-state index contributed by atoms with van der Waals surface area (Å²) in [5.74, 6) is -2.42. The van der Waals surface area contributed by atoms with Gasteiger partial charge in [-0.1, -0.05) is 6.07 Å². The molecule has 2 nitrogen and oxygen atoms in total. The molecule has 0 amide bonds. The molecule has 0 spiro atoms. The van der Waals surface area contributed by atoms with Gasteiger partial charge in [0.25, 0.3) is 0 Å². The van der Waals surface area contributed by atoms with Crippen LogP contribution in [0.5, 0.6) is 0 Å². The number of nitrogens with two attached hydrogens (primary N) is 1. The summed E-state index contributed by atoms with van der Waals surface area (Å²) in [6.07, 6.45) is 0. The van der Waals surface area contributed by atoms with E-state index in [1.807, 2.05) is 0 Å². The van der Waals surface area contributed by atoms with E-state index in [2.05, 4.69) is 0 Å². The molecule has 0 bridgehead atoms. The molecular weight excluding hydrogens is 241 g/mol. The summed E-state index contributed by atoms with van der Waals surface area (Å²) in [5.41, 5.74) is 6.48. The van der Waals surface area contributed by atoms with Gasteiger partial charge >= 0.3 is 0 Å². The number of anilines is 3. The molecule has 0 aliphatic heterocycles. The van der Waals surface area contributed by atoms with Gasteiger partial charge in [-0.2, -0.15) is 0 Å². The van der Waals surface area contributed by atoms with Crippen LogP contribution in [0, 0.1) is 17.5 Å². The van der Waals surface area contributed by atoms with Crippen molar-refractivity contribution in [2.45, 2.75) is 0 Å². The van der Waals surface area contributed by atoms with Gasteiger partial charge in [0.05, 0.1) is 11.4 Å². The first kappa shape index (κ1) is 12.3. The predicted octanol–water partition coefficient (Wildman–Crippen LogP) is 3.45. The lowest BCUT2D eigenvalue weighted by Crippen LogP contribution is -2.12. The SMILES string of the molecule is CN(c1cccc(F)c1)c1cc(F)c(F)cc1N. The molecule has 0 heterocycles. The summed E-state index contributed by atoms with van der Waals surface area (Å²) >= 11 is 0. The maximum atomic E-state index is 13.2. The molecule has 2 rings (SSSR count). The molecule has 94 valence electrons. The van der Waals surface area contributed by atoms with Crippen LogP contribution in [0.1, 0.15) is 0 Å². The number of nitrogen functional groups attached to an aromatic ring is 1. The molecule has 2 aromatic rings. The topological polar surface area (TPSA) is 29.3 Å². The van der Waals surface area contributed by atoms with E-state index in [0.29, 0.717) is 5.69 Å². The van der Waals surface area contributed by atoms with E-state index in [1.165, 1.54) is 23.1 Å². The molecule has 2 N–H and O–H groups in total. The molecule has 0 aliphatic carbocycles. The van der Waals surface area contributed by atoms with Gasteiger partial charge in [0, 0.05) is 24.9 Å². The minimum atomic E-state index is -1.01. The number of halogens is 3. The highest BCUT2D eigenvalue weighted by atomic mass is 19.2. The van der Waals surface area contributed by atoms with Crippen LogP contribution < -0.4 is 10.6 Å².